The van der Waals surface area contributed by atoms with E-state index in [0.29, 0.717) is 15.7 Å². The van der Waals surface area contributed by atoms with Crippen molar-refractivity contribution < 1.29 is 4.21 Å². The molecule has 0 aliphatic carbocycles. The van der Waals surface area contributed by atoms with Gasteiger partial charge in [0.25, 0.3) is 0 Å². The van der Waals surface area contributed by atoms with Gasteiger partial charge in [-0.25, -0.2) is 4.98 Å². The van der Waals surface area contributed by atoms with E-state index in [1.54, 1.807) is 11.3 Å². The van der Waals surface area contributed by atoms with Crippen molar-refractivity contribution in [3.63, 3.8) is 0 Å². The summed E-state index contributed by atoms with van der Waals surface area (Å²) < 4.78 is 12.6. The van der Waals surface area contributed by atoms with Gasteiger partial charge in [-0.3, -0.25) is 4.21 Å². The topological polar surface area (TPSA) is 53.8 Å². The third kappa shape index (κ3) is 7.03. The highest BCUT2D eigenvalue weighted by Gasteiger charge is 2.17. The summed E-state index contributed by atoms with van der Waals surface area (Å²) in [5.74, 6) is 0.719. The van der Waals surface area contributed by atoms with Crippen molar-refractivity contribution in [3.8, 4) is 27.8 Å². The minimum Gasteiger partial charge on any atom is -0.259 e. The van der Waals surface area contributed by atoms with E-state index < -0.39 is 10.8 Å². The van der Waals surface area contributed by atoms with Crippen molar-refractivity contribution in [1.29, 1.82) is 5.26 Å². The molecule has 3 aromatic rings. The Kier molecular flexibility index (Phi) is 9.80. The Hall–Kier alpha value is -1.94. The largest absolute Gasteiger partial charge is 0.259 e. The molecule has 1 atom stereocenters. The number of pyridine rings is 1. The van der Waals surface area contributed by atoms with Crippen molar-refractivity contribution >= 4 is 33.9 Å². The molecule has 0 radical (unpaired) electrons. The van der Waals surface area contributed by atoms with Crippen LogP contribution in [-0.4, -0.2) is 20.0 Å². The summed E-state index contributed by atoms with van der Waals surface area (Å²) in [5.41, 5.74) is 3.30. The zero-order valence-electron chi connectivity index (χ0n) is 17.9. The first-order valence-electron chi connectivity index (χ1n) is 10.7. The summed E-state index contributed by atoms with van der Waals surface area (Å²) in [6.45, 7) is 2.21. The molecule has 31 heavy (non-hydrogen) atoms. The van der Waals surface area contributed by atoms with Crippen LogP contribution in [0.25, 0.3) is 21.7 Å². The van der Waals surface area contributed by atoms with Gasteiger partial charge in [0.1, 0.15) is 11.1 Å². The molecule has 0 bridgehead atoms. The number of benzene rings is 1. The van der Waals surface area contributed by atoms with Crippen molar-refractivity contribution in [1.82, 2.24) is 4.98 Å². The lowest BCUT2D eigenvalue weighted by atomic mass is 10.0. The van der Waals surface area contributed by atoms with Crippen LogP contribution in [0.5, 0.6) is 0 Å². The molecule has 2 aromatic heterocycles. The summed E-state index contributed by atoms with van der Waals surface area (Å²) in [7, 11) is -0.916. The van der Waals surface area contributed by atoms with Crippen LogP contribution in [0.1, 0.15) is 51.0 Å². The maximum atomic E-state index is 12.6. The molecule has 2 heterocycles. The molecule has 3 nitrogen and oxygen atoms in total. The first kappa shape index (κ1) is 23.7. The molecule has 0 saturated heterocycles. The van der Waals surface area contributed by atoms with E-state index >= 15 is 0 Å². The van der Waals surface area contributed by atoms with Gasteiger partial charge in [0.05, 0.1) is 21.2 Å². The van der Waals surface area contributed by atoms with Crippen LogP contribution >= 0.6 is 23.1 Å². The highest BCUT2D eigenvalue weighted by molar-refractivity contribution is 8.10. The number of nitrogens with zero attached hydrogens (tertiary/aromatic N) is 2. The lowest BCUT2D eigenvalue weighted by Crippen LogP contribution is -2.02. The maximum Gasteiger partial charge on any atom is 0.116 e. The Morgan fingerprint density at radius 3 is 2.55 bits per heavy atom. The number of unbranched alkanes of at least 4 members (excludes halogenated alkanes) is 5. The number of hydrogen-bond acceptors (Lipinski definition) is 5. The first-order chi connectivity index (χ1) is 15.2. The minimum atomic E-state index is -0.916. The number of thioether (sulfide) groups is 1. The Morgan fingerprint density at radius 2 is 1.84 bits per heavy atom. The molecule has 1 unspecified atom stereocenters. The van der Waals surface area contributed by atoms with Crippen LogP contribution in [0.4, 0.5) is 0 Å². The van der Waals surface area contributed by atoms with Gasteiger partial charge in [0.15, 0.2) is 0 Å². The van der Waals surface area contributed by atoms with Gasteiger partial charge >= 0.3 is 0 Å². The summed E-state index contributed by atoms with van der Waals surface area (Å²) in [6, 6.07) is 18.3. The highest BCUT2D eigenvalue weighted by Crippen LogP contribution is 2.35. The Labute approximate surface area is 196 Å². The smallest absolute Gasteiger partial charge is 0.116 e. The third-order valence-electron chi connectivity index (χ3n) is 5.01. The van der Waals surface area contributed by atoms with Crippen LogP contribution in [0.3, 0.4) is 0 Å². The molecule has 0 saturated carbocycles. The minimum absolute atomic E-state index is 0.471. The standard InChI is InChI=1S/C25H28N2OS3/c1-2-3-4-5-6-10-16-31(28)19-30-25-22(18-26)21(20-12-8-7-9-13-20)17-23(27-25)24-14-11-15-29-24/h7-9,11-15,17H,2-6,10,16,19H2,1H3. The Balaban J connectivity index is 1.75. The van der Waals surface area contributed by atoms with Crippen LogP contribution < -0.4 is 0 Å². The van der Waals surface area contributed by atoms with E-state index in [2.05, 4.69) is 13.0 Å². The van der Waals surface area contributed by atoms with Crippen molar-refractivity contribution in [2.75, 3.05) is 10.8 Å². The monoisotopic (exact) mass is 468 g/mol. The zero-order valence-corrected chi connectivity index (χ0v) is 20.3. The van der Waals surface area contributed by atoms with Gasteiger partial charge in [-0.1, -0.05) is 87.2 Å². The second kappa shape index (κ2) is 12.8. The molecule has 0 N–H and O–H groups in total. The van der Waals surface area contributed by atoms with Crippen molar-refractivity contribution in [2.45, 2.75) is 50.5 Å². The average Bonchev–Trinajstić information content (AvgIpc) is 3.35. The fraction of sp³-hybridized carbons (Fsp3) is 0.360. The summed E-state index contributed by atoms with van der Waals surface area (Å²) in [4.78, 5) is 5.86. The maximum absolute atomic E-state index is 12.6. The Bertz CT molecular complexity index is 1010. The van der Waals surface area contributed by atoms with E-state index in [9.17, 15) is 9.47 Å². The normalized spacial score (nSPS) is 11.9. The van der Waals surface area contributed by atoms with Gasteiger partial charge in [0, 0.05) is 22.1 Å². The van der Waals surface area contributed by atoms with Crippen molar-refractivity contribution in [2.24, 2.45) is 0 Å². The van der Waals surface area contributed by atoms with E-state index in [0.717, 1.165) is 40.3 Å². The molecule has 162 valence electrons. The molecule has 0 amide bonds. The summed E-state index contributed by atoms with van der Waals surface area (Å²) in [6.07, 6.45) is 7.16. The van der Waals surface area contributed by atoms with Crippen LogP contribution in [0.2, 0.25) is 0 Å². The first-order valence-corrected chi connectivity index (χ1v) is 14.1. The predicted octanol–water partition coefficient (Wildman–Crippen LogP) is 7.51. The second-order valence-corrected chi connectivity index (χ2v) is 11.2. The Morgan fingerprint density at radius 1 is 1.06 bits per heavy atom. The molecule has 1 aromatic carbocycles. The number of nitriles is 1. The van der Waals surface area contributed by atoms with Crippen molar-refractivity contribution in [3.05, 3.63) is 59.5 Å². The zero-order chi connectivity index (χ0) is 21.9. The molecule has 0 aliphatic heterocycles. The molecule has 0 aliphatic rings. The third-order valence-corrected chi connectivity index (χ3v) is 8.74. The summed E-state index contributed by atoms with van der Waals surface area (Å²) >= 11 is 3.07. The molecule has 0 spiro atoms. The van der Waals surface area contributed by atoms with Crippen LogP contribution in [0.15, 0.2) is 58.9 Å². The average molecular weight is 469 g/mol. The SMILES string of the molecule is CCCCCCCCS(=O)CSc1nc(-c2cccs2)cc(-c2ccccc2)c1C#N. The predicted molar refractivity (Wildman–Crippen MR) is 135 cm³/mol. The lowest BCUT2D eigenvalue weighted by molar-refractivity contribution is 0.622. The number of hydrogen-bond donors (Lipinski definition) is 0. The molecule has 3 rings (SSSR count). The fourth-order valence-corrected chi connectivity index (χ4v) is 6.47. The van der Waals surface area contributed by atoms with Gasteiger partial charge in [0.2, 0.25) is 0 Å². The lowest BCUT2D eigenvalue weighted by Gasteiger charge is -2.12. The molecule has 0 fully saturated rings. The van der Waals surface area contributed by atoms with E-state index in [1.165, 1.54) is 37.4 Å². The summed E-state index contributed by atoms with van der Waals surface area (Å²) in [5, 5.41) is 13.1. The van der Waals surface area contributed by atoms with E-state index in [4.69, 9.17) is 4.98 Å². The second-order valence-electron chi connectivity index (χ2n) is 7.36. The fourth-order valence-electron chi connectivity index (χ4n) is 3.35. The van der Waals surface area contributed by atoms with Gasteiger partial charge in [-0.2, -0.15) is 5.26 Å². The van der Waals surface area contributed by atoms with E-state index in [1.807, 2.05) is 53.9 Å². The molecular formula is C25H28N2OS3. The number of aromatic nitrogens is 1. The number of rotatable bonds is 12. The number of thiophene rings is 1. The van der Waals surface area contributed by atoms with E-state index in [-0.39, 0.29) is 0 Å². The molecular weight excluding hydrogens is 440 g/mol. The highest BCUT2D eigenvalue weighted by atomic mass is 32.2. The molecule has 6 heteroatoms. The van der Waals surface area contributed by atoms with Crippen LogP contribution in [0, 0.1) is 11.3 Å². The van der Waals surface area contributed by atoms with Gasteiger partial charge in [-0.05, 0) is 29.5 Å². The van der Waals surface area contributed by atoms with Gasteiger partial charge < -0.3 is 0 Å². The van der Waals surface area contributed by atoms with Gasteiger partial charge in [-0.15, -0.1) is 11.3 Å². The van der Waals surface area contributed by atoms with Crippen LogP contribution in [-0.2, 0) is 10.8 Å². The quantitative estimate of drug-likeness (QED) is 0.204.